The summed E-state index contributed by atoms with van der Waals surface area (Å²) in [6, 6.07) is 69.8. The van der Waals surface area contributed by atoms with E-state index < -0.39 is 0 Å². The van der Waals surface area contributed by atoms with Crippen LogP contribution in [0, 0.1) is 0 Å². The first-order chi connectivity index (χ1) is 30.0. The van der Waals surface area contributed by atoms with E-state index in [1.165, 1.54) is 33.0 Å². The van der Waals surface area contributed by atoms with Crippen LogP contribution in [-0.2, 0) is 5.41 Å². The van der Waals surface area contributed by atoms with Crippen molar-refractivity contribution < 1.29 is 8.83 Å². The highest BCUT2D eigenvalue weighted by atomic mass is 16.3. The normalized spacial score (nSPS) is 13.2. The van der Waals surface area contributed by atoms with Crippen LogP contribution in [0.1, 0.15) is 25.0 Å². The molecular weight excluding hydrogens is 745 g/mol. The molecule has 0 aliphatic heterocycles. The number of fused-ring (bicyclic) bond motifs is 14. The van der Waals surface area contributed by atoms with Crippen LogP contribution in [0.2, 0.25) is 0 Å². The minimum Gasteiger partial charge on any atom is -0.455 e. The Bertz CT molecular complexity index is 3720. The van der Waals surface area contributed by atoms with Crippen LogP contribution in [0.25, 0.3) is 93.6 Å². The summed E-state index contributed by atoms with van der Waals surface area (Å²) in [6.45, 7) is 4.69. The lowest BCUT2D eigenvalue weighted by Crippen LogP contribution is -2.17. The van der Waals surface area contributed by atoms with Gasteiger partial charge in [-0.15, -0.1) is 0 Å². The lowest BCUT2D eigenvalue weighted by molar-refractivity contribution is 0.650. The third-order valence-corrected chi connectivity index (χ3v) is 13.2. The van der Waals surface area contributed by atoms with Crippen LogP contribution in [-0.4, -0.2) is 4.57 Å². The van der Waals surface area contributed by atoms with Gasteiger partial charge >= 0.3 is 0 Å². The van der Waals surface area contributed by atoms with Gasteiger partial charge in [-0.3, -0.25) is 0 Å². The molecule has 0 unspecified atom stereocenters. The van der Waals surface area contributed by atoms with E-state index >= 15 is 0 Å². The number of nitrogens with zero attached hydrogens (tertiary/aromatic N) is 2. The van der Waals surface area contributed by atoms with Gasteiger partial charge in [0, 0.05) is 54.8 Å². The van der Waals surface area contributed by atoms with Crippen molar-refractivity contribution in [3.8, 4) is 27.9 Å². The molecule has 0 spiro atoms. The van der Waals surface area contributed by atoms with Crippen molar-refractivity contribution in [2.45, 2.75) is 19.3 Å². The monoisotopic (exact) mass is 782 g/mol. The van der Waals surface area contributed by atoms with Gasteiger partial charge in [0.2, 0.25) is 0 Å². The number of para-hydroxylation sites is 4. The maximum atomic E-state index is 7.16. The molecule has 12 aromatic rings. The summed E-state index contributed by atoms with van der Waals surface area (Å²) in [6.07, 6.45) is 0. The van der Waals surface area contributed by atoms with Crippen molar-refractivity contribution in [2.75, 3.05) is 4.90 Å². The fourth-order valence-electron chi connectivity index (χ4n) is 10.4. The highest BCUT2D eigenvalue weighted by molar-refractivity contribution is 6.24. The van der Waals surface area contributed by atoms with Gasteiger partial charge in [0.25, 0.3) is 0 Å². The second-order valence-corrected chi connectivity index (χ2v) is 16.8. The first-order valence-corrected chi connectivity index (χ1v) is 21.0. The molecule has 0 bridgehead atoms. The number of furan rings is 2. The van der Waals surface area contributed by atoms with E-state index in [1.54, 1.807) is 0 Å². The van der Waals surface area contributed by atoms with E-state index in [0.29, 0.717) is 0 Å². The van der Waals surface area contributed by atoms with Crippen LogP contribution in [0.3, 0.4) is 0 Å². The largest absolute Gasteiger partial charge is 0.455 e. The molecule has 1 aliphatic rings. The molecular formula is C57H38N2O2. The smallest absolute Gasteiger partial charge is 0.145 e. The fourth-order valence-corrected chi connectivity index (χ4v) is 10.4. The van der Waals surface area contributed by atoms with Crippen LogP contribution < -0.4 is 4.90 Å². The average molecular weight is 783 g/mol. The van der Waals surface area contributed by atoms with E-state index in [-0.39, 0.29) is 5.41 Å². The van der Waals surface area contributed by atoms with Crippen molar-refractivity contribution in [1.82, 2.24) is 4.57 Å². The van der Waals surface area contributed by atoms with Crippen LogP contribution in [0.5, 0.6) is 0 Å². The second kappa shape index (κ2) is 12.6. The Hall–Kier alpha value is -7.82. The van der Waals surface area contributed by atoms with Crippen molar-refractivity contribution in [3.63, 3.8) is 0 Å². The van der Waals surface area contributed by atoms with E-state index in [4.69, 9.17) is 8.83 Å². The number of hydrogen-bond donors (Lipinski definition) is 0. The molecule has 0 saturated carbocycles. The Morgan fingerprint density at radius 1 is 0.426 bits per heavy atom. The van der Waals surface area contributed by atoms with Gasteiger partial charge in [-0.05, 0) is 82.9 Å². The van der Waals surface area contributed by atoms with Gasteiger partial charge in [0.1, 0.15) is 22.3 Å². The Morgan fingerprint density at radius 3 is 1.82 bits per heavy atom. The van der Waals surface area contributed by atoms with E-state index in [2.05, 4.69) is 211 Å². The Balaban J connectivity index is 1.16. The molecule has 288 valence electrons. The highest BCUT2D eigenvalue weighted by Gasteiger charge is 2.42. The molecule has 0 N–H and O–H groups in total. The summed E-state index contributed by atoms with van der Waals surface area (Å²) in [7, 11) is 0. The first-order valence-electron chi connectivity index (χ1n) is 21.0. The molecule has 3 heterocycles. The number of aromatic nitrogens is 1. The fraction of sp³-hybridized carbons (Fsp3) is 0.0526. The second-order valence-electron chi connectivity index (χ2n) is 16.8. The molecule has 61 heavy (non-hydrogen) atoms. The first kappa shape index (κ1) is 34.1. The average Bonchev–Trinajstić information content (AvgIpc) is 4.04. The van der Waals surface area contributed by atoms with Crippen LogP contribution >= 0.6 is 0 Å². The molecule has 13 rings (SSSR count). The Morgan fingerprint density at radius 2 is 1.03 bits per heavy atom. The highest BCUT2D eigenvalue weighted by Crippen LogP contribution is 2.59. The van der Waals surface area contributed by atoms with Gasteiger partial charge in [0.15, 0.2) is 0 Å². The van der Waals surface area contributed by atoms with Crippen LogP contribution in [0.4, 0.5) is 17.1 Å². The summed E-state index contributed by atoms with van der Waals surface area (Å²) < 4.78 is 16.4. The quantitative estimate of drug-likeness (QED) is 0.174. The molecule has 1 aliphatic carbocycles. The van der Waals surface area contributed by atoms with E-state index in [9.17, 15) is 0 Å². The number of rotatable bonds is 5. The maximum absolute atomic E-state index is 7.16. The molecule has 4 nitrogen and oxygen atoms in total. The maximum Gasteiger partial charge on any atom is 0.145 e. The van der Waals surface area contributed by atoms with Gasteiger partial charge in [-0.2, -0.15) is 0 Å². The third-order valence-electron chi connectivity index (χ3n) is 13.2. The van der Waals surface area contributed by atoms with E-state index in [1.807, 2.05) is 6.07 Å². The standard InChI is InChI=1S/C57H38N2O2/c1-57(2)43-33-32-40-39-20-10-13-26-49(39)60-55(40)53(43)54-44(57)34-48(52-42-22-11-14-27-50(42)61-56(52)54)59(38-30-28-36(29-31-38)35-16-5-3-6-17-35)47-25-15-24-46-51(47)41-21-9-12-23-45(41)58(46)37-18-7-4-8-19-37/h3-34H,1-2H3. The predicted molar refractivity (Wildman–Crippen MR) is 253 cm³/mol. The SMILES string of the molecule is CC1(C)c2ccc3c(oc4ccccc43)c2-c2c1cc(N(c1ccc(-c3ccccc3)cc1)c1cccc3c1c1ccccc1n3-c1ccccc1)c1c2oc2ccccc21. The zero-order valence-corrected chi connectivity index (χ0v) is 33.7. The molecule has 4 heteroatoms. The van der Waals surface area contributed by atoms with Crippen molar-refractivity contribution in [3.05, 3.63) is 205 Å². The summed E-state index contributed by atoms with van der Waals surface area (Å²) >= 11 is 0. The summed E-state index contributed by atoms with van der Waals surface area (Å²) in [5.74, 6) is 0. The molecule has 0 amide bonds. The molecule has 3 aromatic heterocycles. The zero-order valence-electron chi connectivity index (χ0n) is 33.7. The van der Waals surface area contributed by atoms with E-state index in [0.717, 1.165) is 88.8 Å². The van der Waals surface area contributed by atoms with Crippen molar-refractivity contribution in [2.24, 2.45) is 0 Å². The molecule has 9 aromatic carbocycles. The minimum absolute atomic E-state index is 0.363. The molecule has 0 atom stereocenters. The van der Waals surface area contributed by atoms with Gasteiger partial charge in [-0.1, -0.05) is 147 Å². The molecule has 0 saturated heterocycles. The van der Waals surface area contributed by atoms with Crippen molar-refractivity contribution >= 4 is 82.7 Å². The van der Waals surface area contributed by atoms with Crippen LogP contribution in [0.15, 0.2) is 203 Å². The summed E-state index contributed by atoms with van der Waals surface area (Å²) in [4.78, 5) is 2.49. The Labute approximate surface area is 352 Å². The van der Waals surface area contributed by atoms with Gasteiger partial charge in [-0.25, -0.2) is 0 Å². The van der Waals surface area contributed by atoms with Gasteiger partial charge < -0.3 is 18.3 Å². The lowest BCUT2D eigenvalue weighted by atomic mass is 9.81. The predicted octanol–water partition coefficient (Wildman–Crippen LogP) is 16.0. The molecule has 0 radical (unpaired) electrons. The lowest BCUT2D eigenvalue weighted by Gasteiger charge is -2.29. The summed E-state index contributed by atoms with van der Waals surface area (Å²) in [5, 5.41) is 6.76. The molecule has 0 fully saturated rings. The number of anilines is 3. The topological polar surface area (TPSA) is 34.5 Å². The van der Waals surface area contributed by atoms with Crippen molar-refractivity contribution in [1.29, 1.82) is 0 Å². The summed E-state index contributed by atoms with van der Waals surface area (Å²) in [5.41, 5.74) is 16.8. The number of benzene rings is 9. The third kappa shape index (κ3) is 4.76. The van der Waals surface area contributed by atoms with Gasteiger partial charge in [0.05, 0.1) is 27.8 Å². The zero-order chi connectivity index (χ0) is 40.4. The minimum atomic E-state index is -0.363. The number of hydrogen-bond acceptors (Lipinski definition) is 3. The Kier molecular flexibility index (Phi) is 7.04.